The van der Waals surface area contributed by atoms with Gasteiger partial charge in [0.2, 0.25) is 0 Å². The van der Waals surface area contributed by atoms with Gasteiger partial charge in [-0.3, -0.25) is 0 Å². The summed E-state index contributed by atoms with van der Waals surface area (Å²) in [6.45, 7) is 9.40. The van der Waals surface area contributed by atoms with E-state index in [0.717, 1.165) is 0 Å². The van der Waals surface area contributed by atoms with Crippen LogP contribution >= 0.6 is 0 Å². The Kier molecular flexibility index (Phi) is 30.5. The third-order valence-corrected chi connectivity index (χ3v) is 9.85. The summed E-state index contributed by atoms with van der Waals surface area (Å²) in [7, 11) is 0. The molecule has 0 amide bonds. The highest BCUT2D eigenvalue weighted by Gasteiger charge is 2.16. The average Bonchev–Trinajstić information content (AvgIpc) is 3.40. The number of aryl methyl sites for hydroxylation is 2. The van der Waals surface area contributed by atoms with Gasteiger partial charge in [-0.15, -0.1) is 0 Å². The lowest BCUT2D eigenvalue weighted by molar-refractivity contribution is -0.704. The van der Waals surface area contributed by atoms with Crippen molar-refractivity contribution in [3.8, 4) is 0 Å². The monoisotopic (exact) mass is 602 g/mol. The van der Waals surface area contributed by atoms with E-state index >= 15 is 0 Å². The fourth-order valence-corrected chi connectivity index (χ4v) is 6.86. The van der Waals surface area contributed by atoms with Crippen LogP contribution < -0.4 is 4.57 Å². The van der Waals surface area contributed by atoms with Crippen molar-refractivity contribution in [3.63, 3.8) is 0 Å². The van der Waals surface area contributed by atoms with E-state index in [0.29, 0.717) is 0 Å². The largest absolute Gasteiger partial charge is 0.256 e. The maximum absolute atomic E-state index is 2.64. The number of hydrogen-bond acceptors (Lipinski definition) is 0. The molecule has 0 saturated heterocycles. The summed E-state index contributed by atoms with van der Waals surface area (Å²) in [5.41, 5.74) is 0. The molecular weight excluding hydrogens is 520 g/mol. The smallest absolute Gasteiger partial charge is 0.234 e. The van der Waals surface area contributed by atoms with Crippen LogP contribution in [0.3, 0.4) is 0 Å². The first kappa shape index (κ1) is 40.2. The van der Waals surface area contributed by atoms with Crippen molar-refractivity contribution in [3.05, 3.63) is 18.2 Å². The van der Waals surface area contributed by atoms with Gasteiger partial charge in [-0.2, -0.15) is 0 Å². The minimum atomic E-state index is 1.23. The van der Waals surface area contributed by atoms with E-state index in [1.165, 1.54) is 225 Å². The Hall–Kier alpha value is -0.790. The first-order valence-corrected chi connectivity index (χ1v) is 20.4. The molecule has 2 heteroatoms. The van der Waals surface area contributed by atoms with Crippen LogP contribution in [0.2, 0.25) is 0 Å². The van der Waals surface area contributed by atoms with Crippen molar-refractivity contribution in [2.75, 3.05) is 0 Å². The third-order valence-electron chi connectivity index (χ3n) is 9.85. The topological polar surface area (TPSA) is 8.81 Å². The molecule has 0 aliphatic heterocycles. The Bertz CT molecular complexity index is 663. The lowest BCUT2D eigenvalue weighted by Gasteiger charge is -2.07. The van der Waals surface area contributed by atoms with E-state index < -0.39 is 0 Å². The molecule has 1 aromatic rings. The molecule has 0 spiro atoms. The highest BCUT2D eigenvalue weighted by atomic mass is 15.1. The molecular formula is C41H81N2+. The van der Waals surface area contributed by atoms with E-state index in [1.54, 1.807) is 5.82 Å². The fraction of sp³-hybridized carbons (Fsp3) is 0.927. The SMILES string of the molecule is CCCCCCCCCCCCCCCC[n+]1ccn(CCCCCCCC)c1CCCCCCCCCCCCCC. The molecule has 0 aliphatic rings. The number of rotatable bonds is 35. The Labute approximate surface area is 272 Å². The maximum atomic E-state index is 2.64. The second kappa shape index (κ2) is 32.6. The molecule has 1 heterocycles. The Morgan fingerprint density at radius 1 is 0.395 bits per heavy atom. The Morgan fingerprint density at radius 3 is 1.12 bits per heavy atom. The van der Waals surface area contributed by atoms with Gasteiger partial charge in [0, 0.05) is 6.42 Å². The van der Waals surface area contributed by atoms with Gasteiger partial charge < -0.3 is 0 Å². The van der Waals surface area contributed by atoms with Gasteiger partial charge in [0.05, 0.1) is 13.1 Å². The van der Waals surface area contributed by atoms with Gasteiger partial charge in [-0.1, -0.05) is 194 Å². The van der Waals surface area contributed by atoms with Crippen LogP contribution in [0.5, 0.6) is 0 Å². The van der Waals surface area contributed by atoms with E-state index in [9.17, 15) is 0 Å². The van der Waals surface area contributed by atoms with Crippen molar-refractivity contribution < 1.29 is 4.57 Å². The van der Waals surface area contributed by atoms with Crippen molar-refractivity contribution in [1.29, 1.82) is 0 Å². The summed E-state index contributed by atoms with van der Waals surface area (Å²) in [5, 5.41) is 0. The highest BCUT2D eigenvalue weighted by Crippen LogP contribution is 2.15. The summed E-state index contributed by atoms with van der Waals surface area (Å²) >= 11 is 0. The Morgan fingerprint density at radius 2 is 0.721 bits per heavy atom. The fourth-order valence-electron chi connectivity index (χ4n) is 6.86. The quantitative estimate of drug-likeness (QED) is 0.0540. The Balaban J connectivity index is 2.24. The van der Waals surface area contributed by atoms with Crippen LogP contribution in [0.25, 0.3) is 0 Å². The number of unbranched alkanes of at least 4 members (excludes halogenated alkanes) is 29. The van der Waals surface area contributed by atoms with Crippen LogP contribution in [-0.4, -0.2) is 4.57 Å². The van der Waals surface area contributed by atoms with Crippen molar-refractivity contribution in [2.24, 2.45) is 0 Å². The van der Waals surface area contributed by atoms with Crippen LogP contribution in [0.15, 0.2) is 12.4 Å². The summed E-state index contributed by atoms with van der Waals surface area (Å²) in [5.74, 6) is 1.62. The van der Waals surface area contributed by atoms with Crippen LogP contribution in [0.4, 0.5) is 0 Å². The molecule has 1 rings (SSSR count). The second-order valence-corrected chi connectivity index (χ2v) is 14.1. The summed E-state index contributed by atoms with van der Waals surface area (Å²) in [6, 6.07) is 0. The predicted octanol–water partition coefficient (Wildman–Crippen LogP) is 13.9. The number of hydrogen-bond donors (Lipinski definition) is 0. The molecule has 0 radical (unpaired) electrons. The van der Waals surface area contributed by atoms with E-state index in [4.69, 9.17) is 0 Å². The summed E-state index contributed by atoms with van der Waals surface area (Å²) < 4.78 is 5.26. The standard InChI is InChI=1S/C41H81N2/c1-4-7-10-13-16-18-20-22-23-25-27-29-32-35-38-43-40-39-42(37-34-31-15-12-9-6-3)41(43)36-33-30-28-26-24-21-19-17-14-11-8-5-2/h39-40H,4-38H2,1-3H3/q+1. The van der Waals surface area contributed by atoms with Crippen LogP contribution in [0, 0.1) is 0 Å². The lowest BCUT2D eigenvalue weighted by atomic mass is 10.0. The molecule has 0 aromatic carbocycles. The minimum absolute atomic E-state index is 1.23. The van der Waals surface area contributed by atoms with Crippen LogP contribution in [0.1, 0.15) is 232 Å². The molecule has 0 atom stereocenters. The predicted molar refractivity (Wildman–Crippen MR) is 193 cm³/mol. The summed E-state index contributed by atoms with van der Waals surface area (Å²) in [4.78, 5) is 0. The lowest BCUT2D eigenvalue weighted by Crippen LogP contribution is -2.37. The van der Waals surface area contributed by atoms with Crippen molar-refractivity contribution in [1.82, 2.24) is 4.57 Å². The molecule has 0 bridgehead atoms. The van der Waals surface area contributed by atoms with Gasteiger partial charge in [0.15, 0.2) is 0 Å². The number of imidazole rings is 1. The molecule has 1 aromatic heterocycles. The minimum Gasteiger partial charge on any atom is -0.234 e. The highest BCUT2D eigenvalue weighted by molar-refractivity contribution is 4.84. The molecule has 2 nitrogen and oxygen atoms in total. The summed E-state index contributed by atoms with van der Waals surface area (Å²) in [6.07, 6.45) is 51.9. The maximum Gasteiger partial charge on any atom is 0.256 e. The molecule has 0 unspecified atom stereocenters. The number of nitrogens with zero attached hydrogens (tertiary/aromatic N) is 2. The van der Waals surface area contributed by atoms with Crippen LogP contribution in [-0.2, 0) is 19.5 Å². The molecule has 43 heavy (non-hydrogen) atoms. The van der Waals surface area contributed by atoms with Crippen molar-refractivity contribution in [2.45, 2.75) is 246 Å². The van der Waals surface area contributed by atoms with Gasteiger partial charge in [-0.25, -0.2) is 9.13 Å². The third kappa shape index (κ3) is 25.1. The van der Waals surface area contributed by atoms with E-state index in [2.05, 4.69) is 42.3 Å². The van der Waals surface area contributed by atoms with Gasteiger partial charge in [-0.05, 0) is 32.1 Å². The van der Waals surface area contributed by atoms with E-state index in [1.807, 2.05) is 0 Å². The van der Waals surface area contributed by atoms with E-state index in [-0.39, 0.29) is 0 Å². The average molecular weight is 602 g/mol. The molecule has 254 valence electrons. The zero-order chi connectivity index (χ0) is 30.9. The first-order chi connectivity index (χ1) is 21.3. The molecule has 0 fully saturated rings. The molecule has 0 saturated carbocycles. The van der Waals surface area contributed by atoms with Crippen molar-refractivity contribution >= 4 is 0 Å². The van der Waals surface area contributed by atoms with Gasteiger partial charge in [0.25, 0.3) is 5.82 Å². The van der Waals surface area contributed by atoms with Gasteiger partial charge in [0.1, 0.15) is 12.4 Å². The number of aromatic nitrogens is 2. The zero-order valence-electron chi connectivity index (χ0n) is 30.3. The zero-order valence-corrected chi connectivity index (χ0v) is 30.3. The first-order valence-electron chi connectivity index (χ1n) is 20.4. The molecule has 0 aliphatic carbocycles. The van der Waals surface area contributed by atoms with Gasteiger partial charge >= 0.3 is 0 Å². The second-order valence-electron chi connectivity index (χ2n) is 14.1. The molecule has 0 N–H and O–H groups in total. The normalized spacial score (nSPS) is 11.6.